The number of rotatable bonds is 0. The highest BCUT2D eigenvalue weighted by molar-refractivity contribution is 5.81. The summed E-state index contributed by atoms with van der Waals surface area (Å²) in [4.78, 5) is 0. The molecule has 0 atom stereocenters. The van der Waals surface area contributed by atoms with Crippen molar-refractivity contribution in [2.24, 2.45) is 7.05 Å². The first-order valence-electron chi connectivity index (χ1n) is 4.91. The Bertz CT molecular complexity index is 477. The van der Waals surface area contributed by atoms with Crippen molar-refractivity contribution in [1.29, 1.82) is 0 Å². The number of hydrogen-bond donors (Lipinski definition) is 1. The number of phenolic OH excluding ortho intramolecular Hbond substituents is 1. The van der Waals surface area contributed by atoms with Crippen LogP contribution in [0.15, 0.2) is 12.3 Å². The van der Waals surface area contributed by atoms with Crippen LogP contribution in [-0.4, -0.2) is 14.9 Å². The van der Waals surface area contributed by atoms with Gasteiger partial charge in [0, 0.05) is 18.6 Å². The van der Waals surface area contributed by atoms with Crippen LogP contribution < -0.4 is 0 Å². The van der Waals surface area contributed by atoms with Crippen molar-refractivity contribution in [3.8, 4) is 5.75 Å². The minimum absolute atomic E-state index is 0.214. The highest BCUT2D eigenvalue weighted by Crippen LogP contribution is 2.27. The van der Waals surface area contributed by atoms with Crippen LogP contribution >= 0.6 is 0 Å². The Balaban J connectivity index is 0.000000531. The fourth-order valence-electron chi connectivity index (χ4n) is 1.37. The van der Waals surface area contributed by atoms with Crippen molar-refractivity contribution < 1.29 is 9.50 Å². The molecule has 4 heteroatoms. The van der Waals surface area contributed by atoms with Crippen LogP contribution in [0.2, 0.25) is 0 Å². The van der Waals surface area contributed by atoms with E-state index in [4.69, 9.17) is 0 Å². The van der Waals surface area contributed by atoms with Gasteiger partial charge in [0.25, 0.3) is 0 Å². The molecule has 2 aromatic rings. The maximum absolute atomic E-state index is 13.3. The number of benzene rings is 1. The van der Waals surface area contributed by atoms with Crippen LogP contribution in [-0.2, 0) is 7.05 Å². The average Bonchev–Trinajstić information content (AvgIpc) is 2.59. The summed E-state index contributed by atoms with van der Waals surface area (Å²) < 4.78 is 14.9. The Morgan fingerprint density at radius 1 is 1.40 bits per heavy atom. The first kappa shape index (κ1) is 11.5. The smallest absolute Gasteiger partial charge is 0.193 e. The Labute approximate surface area is 88.1 Å². The summed E-state index contributed by atoms with van der Waals surface area (Å²) >= 11 is 0. The van der Waals surface area contributed by atoms with E-state index in [0.29, 0.717) is 10.9 Å². The molecule has 0 spiro atoms. The quantitative estimate of drug-likeness (QED) is 0.726. The lowest BCUT2D eigenvalue weighted by atomic mass is 10.1. The van der Waals surface area contributed by atoms with E-state index >= 15 is 0 Å². The molecule has 1 heterocycles. The summed E-state index contributed by atoms with van der Waals surface area (Å²) in [6.45, 7) is 5.66. The van der Waals surface area contributed by atoms with Crippen LogP contribution in [0.4, 0.5) is 4.39 Å². The molecule has 15 heavy (non-hydrogen) atoms. The highest BCUT2D eigenvalue weighted by atomic mass is 19.1. The second-order valence-electron chi connectivity index (χ2n) is 3.10. The van der Waals surface area contributed by atoms with Crippen LogP contribution in [0.5, 0.6) is 5.75 Å². The topological polar surface area (TPSA) is 38.0 Å². The number of phenols is 1. The summed E-state index contributed by atoms with van der Waals surface area (Å²) in [5.74, 6) is -0.957. The Kier molecular flexibility index (Phi) is 3.29. The van der Waals surface area contributed by atoms with Crippen molar-refractivity contribution in [3.05, 3.63) is 23.6 Å². The fourth-order valence-corrected chi connectivity index (χ4v) is 1.37. The average molecular weight is 210 g/mol. The Morgan fingerprint density at radius 2 is 2.00 bits per heavy atom. The van der Waals surface area contributed by atoms with E-state index < -0.39 is 5.82 Å². The fraction of sp³-hybridized carbons (Fsp3) is 0.364. The largest absolute Gasteiger partial charge is 0.505 e. The van der Waals surface area contributed by atoms with Gasteiger partial charge in [0.15, 0.2) is 11.6 Å². The molecular weight excluding hydrogens is 195 g/mol. The van der Waals surface area contributed by atoms with Gasteiger partial charge in [-0.25, -0.2) is 4.39 Å². The summed E-state index contributed by atoms with van der Waals surface area (Å²) in [5, 5.41) is 13.9. The number of aromatic nitrogens is 2. The minimum atomic E-state index is -0.643. The van der Waals surface area contributed by atoms with E-state index in [1.165, 1.54) is 4.68 Å². The van der Waals surface area contributed by atoms with Gasteiger partial charge in [0.05, 0.1) is 0 Å². The van der Waals surface area contributed by atoms with Crippen LogP contribution in [0.3, 0.4) is 0 Å². The van der Waals surface area contributed by atoms with Gasteiger partial charge in [-0.1, -0.05) is 13.8 Å². The van der Waals surface area contributed by atoms with Gasteiger partial charge in [-0.3, -0.25) is 4.68 Å². The third-order valence-electron chi connectivity index (χ3n) is 2.02. The molecule has 3 nitrogen and oxygen atoms in total. The van der Waals surface area contributed by atoms with Crippen LogP contribution in [0.1, 0.15) is 19.4 Å². The molecular formula is C11H15FN2O. The van der Waals surface area contributed by atoms with Gasteiger partial charge in [0.2, 0.25) is 0 Å². The van der Waals surface area contributed by atoms with E-state index in [0.717, 1.165) is 0 Å². The molecule has 0 bridgehead atoms. The number of hydrogen-bond acceptors (Lipinski definition) is 2. The lowest BCUT2D eigenvalue weighted by Crippen LogP contribution is -1.87. The third-order valence-corrected chi connectivity index (χ3v) is 2.02. The molecule has 0 fully saturated rings. The monoisotopic (exact) mass is 210 g/mol. The first-order valence-corrected chi connectivity index (χ1v) is 4.91. The van der Waals surface area contributed by atoms with Crippen molar-refractivity contribution in [2.75, 3.05) is 0 Å². The zero-order chi connectivity index (χ0) is 11.6. The van der Waals surface area contributed by atoms with E-state index in [-0.39, 0.29) is 11.3 Å². The van der Waals surface area contributed by atoms with Crippen molar-refractivity contribution in [3.63, 3.8) is 0 Å². The van der Waals surface area contributed by atoms with Crippen LogP contribution in [0, 0.1) is 12.7 Å². The molecule has 0 aliphatic rings. The molecule has 82 valence electrons. The number of fused-ring (bicyclic) bond motifs is 1. The molecule has 0 aliphatic heterocycles. The Morgan fingerprint density at radius 3 is 2.60 bits per heavy atom. The van der Waals surface area contributed by atoms with E-state index in [9.17, 15) is 9.50 Å². The zero-order valence-corrected chi connectivity index (χ0v) is 9.37. The SMILES string of the molecule is CC.Cc1cc2cn(C)nc2c(F)c1O. The summed E-state index contributed by atoms with van der Waals surface area (Å²) in [6.07, 6.45) is 1.71. The second-order valence-corrected chi connectivity index (χ2v) is 3.10. The highest BCUT2D eigenvalue weighted by Gasteiger charge is 2.12. The van der Waals surface area contributed by atoms with Gasteiger partial charge in [0.1, 0.15) is 5.52 Å². The molecule has 0 aliphatic carbocycles. The van der Waals surface area contributed by atoms with Crippen molar-refractivity contribution >= 4 is 10.9 Å². The lowest BCUT2D eigenvalue weighted by molar-refractivity contribution is 0.431. The maximum atomic E-state index is 13.3. The van der Waals surface area contributed by atoms with Gasteiger partial charge in [-0.2, -0.15) is 5.10 Å². The van der Waals surface area contributed by atoms with E-state index in [2.05, 4.69) is 5.10 Å². The number of nitrogens with zero attached hydrogens (tertiary/aromatic N) is 2. The number of halogens is 1. The molecule has 0 saturated carbocycles. The zero-order valence-electron chi connectivity index (χ0n) is 9.37. The molecule has 1 N–H and O–H groups in total. The maximum Gasteiger partial charge on any atom is 0.193 e. The van der Waals surface area contributed by atoms with Gasteiger partial charge >= 0.3 is 0 Å². The standard InChI is InChI=1S/C9H9FN2O.C2H6/c1-5-3-6-4-12(2)11-8(6)7(10)9(5)13;1-2/h3-4,13H,1-2H3;1-2H3. The molecule has 0 amide bonds. The molecule has 0 saturated heterocycles. The van der Waals surface area contributed by atoms with E-state index in [1.54, 1.807) is 26.2 Å². The summed E-state index contributed by atoms with van der Waals surface area (Å²) in [6, 6.07) is 1.71. The summed E-state index contributed by atoms with van der Waals surface area (Å²) in [7, 11) is 1.71. The predicted molar refractivity (Wildman–Crippen MR) is 58.4 cm³/mol. The van der Waals surface area contributed by atoms with Crippen LogP contribution in [0.25, 0.3) is 10.9 Å². The first-order chi connectivity index (χ1) is 7.09. The van der Waals surface area contributed by atoms with E-state index in [1.807, 2.05) is 13.8 Å². The molecule has 0 unspecified atom stereocenters. The minimum Gasteiger partial charge on any atom is -0.505 e. The molecule has 1 aromatic heterocycles. The Hall–Kier alpha value is -1.58. The predicted octanol–water partition coefficient (Wildman–Crippen LogP) is 2.75. The van der Waals surface area contributed by atoms with Crippen molar-refractivity contribution in [2.45, 2.75) is 20.8 Å². The summed E-state index contributed by atoms with van der Waals surface area (Å²) in [5.41, 5.74) is 0.739. The molecule has 2 rings (SSSR count). The second kappa shape index (κ2) is 4.29. The third kappa shape index (κ3) is 1.93. The number of aromatic hydroxyl groups is 1. The van der Waals surface area contributed by atoms with Gasteiger partial charge < -0.3 is 5.11 Å². The lowest BCUT2D eigenvalue weighted by Gasteiger charge is -1.99. The molecule has 0 radical (unpaired) electrons. The number of aryl methyl sites for hydroxylation is 2. The van der Waals surface area contributed by atoms with Gasteiger partial charge in [-0.15, -0.1) is 0 Å². The van der Waals surface area contributed by atoms with Crippen molar-refractivity contribution in [1.82, 2.24) is 9.78 Å². The van der Waals surface area contributed by atoms with Gasteiger partial charge in [-0.05, 0) is 18.6 Å². The normalized spacial score (nSPS) is 9.93. The molecule has 1 aromatic carbocycles.